The number of nitrogens with one attached hydrogen (secondary N) is 1. The molecule has 3 aromatic rings. The molecule has 0 atom stereocenters. The average molecular weight is 379 g/mol. The number of hydrogen-bond donors (Lipinski definition) is 1. The minimum atomic E-state index is -4.79. The molecule has 0 aliphatic rings. The van der Waals surface area contributed by atoms with Crippen LogP contribution in [0.3, 0.4) is 0 Å². The standard InChI is InChI=1S/C16H12F3N5O3/c17-16(18,19)27-12-4-2-11(3-5-12)21-14(25)10-24-15(26)7-6-13(22-24)23-9-1-8-20-23/h1-9H,10H2,(H,21,25). The Labute approximate surface area is 149 Å². The fourth-order valence-electron chi connectivity index (χ4n) is 2.15. The van der Waals surface area contributed by atoms with Gasteiger partial charge in [-0.1, -0.05) is 0 Å². The largest absolute Gasteiger partial charge is 0.573 e. The predicted octanol–water partition coefficient (Wildman–Crippen LogP) is 1.97. The molecule has 2 aromatic heterocycles. The molecular formula is C16H12F3N5O3. The number of hydrogen-bond acceptors (Lipinski definition) is 5. The van der Waals surface area contributed by atoms with Gasteiger partial charge in [0.2, 0.25) is 5.91 Å². The Morgan fingerprint density at radius 1 is 1.15 bits per heavy atom. The summed E-state index contributed by atoms with van der Waals surface area (Å²) in [6.07, 6.45) is -1.63. The number of carbonyl (C=O) groups excluding carboxylic acids is 1. The van der Waals surface area contributed by atoms with Crippen LogP contribution < -0.4 is 15.6 Å². The minimum absolute atomic E-state index is 0.241. The van der Waals surface area contributed by atoms with Crippen molar-refractivity contribution in [1.29, 1.82) is 0 Å². The number of aromatic nitrogens is 4. The summed E-state index contributed by atoms with van der Waals surface area (Å²) in [6, 6.07) is 9.00. The molecule has 0 unspecified atom stereocenters. The fourth-order valence-corrected chi connectivity index (χ4v) is 2.15. The molecule has 0 aliphatic heterocycles. The summed E-state index contributed by atoms with van der Waals surface area (Å²) in [4.78, 5) is 24.0. The monoisotopic (exact) mass is 379 g/mol. The minimum Gasteiger partial charge on any atom is -0.406 e. The number of carbonyl (C=O) groups is 1. The number of amides is 1. The summed E-state index contributed by atoms with van der Waals surface area (Å²) < 4.78 is 42.5. The Balaban J connectivity index is 1.67. The van der Waals surface area contributed by atoms with Crippen LogP contribution in [0.1, 0.15) is 0 Å². The lowest BCUT2D eigenvalue weighted by Crippen LogP contribution is -2.30. The summed E-state index contributed by atoms with van der Waals surface area (Å²) in [5, 5.41) is 10.5. The van der Waals surface area contributed by atoms with Gasteiger partial charge in [-0.05, 0) is 36.4 Å². The number of rotatable bonds is 5. The Morgan fingerprint density at radius 2 is 1.89 bits per heavy atom. The molecule has 1 amide bonds. The Hall–Kier alpha value is -3.63. The Morgan fingerprint density at radius 3 is 2.52 bits per heavy atom. The third-order valence-corrected chi connectivity index (χ3v) is 3.26. The summed E-state index contributed by atoms with van der Waals surface area (Å²) in [5.41, 5.74) is -0.249. The molecule has 2 heterocycles. The van der Waals surface area contributed by atoms with Crippen LogP contribution in [0.2, 0.25) is 0 Å². The van der Waals surface area contributed by atoms with E-state index in [9.17, 15) is 22.8 Å². The highest BCUT2D eigenvalue weighted by Gasteiger charge is 2.30. The fraction of sp³-hybridized carbons (Fsp3) is 0.125. The third kappa shape index (κ3) is 4.93. The molecular weight excluding hydrogens is 367 g/mol. The molecule has 0 saturated carbocycles. The van der Waals surface area contributed by atoms with E-state index in [1.54, 1.807) is 12.3 Å². The summed E-state index contributed by atoms with van der Waals surface area (Å²) in [6.45, 7) is -0.380. The highest BCUT2D eigenvalue weighted by Crippen LogP contribution is 2.23. The first-order chi connectivity index (χ1) is 12.8. The number of anilines is 1. The average Bonchev–Trinajstić information content (AvgIpc) is 3.12. The second-order valence-corrected chi connectivity index (χ2v) is 5.26. The van der Waals surface area contributed by atoms with Gasteiger partial charge in [0.1, 0.15) is 12.3 Å². The quantitative estimate of drug-likeness (QED) is 0.732. The SMILES string of the molecule is O=C(Cn1nc(-n2cccn2)ccc1=O)Nc1ccc(OC(F)(F)F)cc1. The van der Waals surface area contributed by atoms with Crippen molar-refractivity contribution in [2.45, 2.75) is 12.9 Å². The lowest BCUT2D eigenvalue weighted by atomic mass is 10.3. The van der Waals surface area contributed by atoms with Crippen LogP contribution >= 0.6 is 0 Å². The van der Waals surface area contributed by atoms with Gasteiger partial charge >= 0.3 is 6.36 Å². The maximum atomic E-state index is 12.1. The van der Waals surface area contributed by atoms with E-state index in [-0.39, 0.29) is 12.2 Å². The number of ether oxygens (including phenoxy) is 1. The molecule has 8 nitrogen and oxygen atoms in total. The van der Waals surface area contributed by atoms with Crippen LogP contribution in [0, 0.1) is 0 Å². The molecule has 1 N–H and O–H groups in total. The first-order valence-corrected chi connectivity index (χ1v) is 7.54. The van der Waals surface area contributed by atoms with E-state index < -0.39 is 23.6 Å². The van der Waals surface area contributed by atoms with Crippen molar-refractivity contribution >= 4 is 11.6 Å². The number of alkyl halides is 3. The van der Waals surface area contributed by atoms with Crippen molar-refractivity contribution in [2.75, 3.05) is 5.32 Å². The zero-order chi connectivity index (χ0) is 19.4. The summed E-state index contributed by atoms with van der Waals surface area (Å²) >= 11 is 0. The van der Waals surface area contributed by atoms with Crippen LogP contribution in [0.5, 0.6) is 5.75 Å². The Bertz CT molecular complexity index is 982. The van der Waals surface area contributed by atoms with Gasteiger partial charge in [-0.15, -0.1) is 18.3 Å². The summed E-state index contributed by atoms with van der Waals surface area (Å²) in [7, 11) is 0. The van der Waals surface area contributed by atoms with Crippen molar-refractivity contribution in [2.24, 2.45) is 0 Å². The van der Waals surface area contributed by atoms with Crippen LogP contribution in [0.4, 0.5) is 18.9 Å². The predicted molar refractivity (Wildman–Crippen MR) is 87.4 cm³/mol. The second-order valence-electron chi connectivity index (χ2n) is 5.26. The molecule has 0 aliphatic carbocycles. The normalized spacial score (nSPS) is 11.2. The maximum Gasteiger partial charge on any atom is 0.573 e. The van der Waals surface area contributed by atoms with Crippen molar-refractivity contribution in [3.8, 4) is 11.6 Å². The highest BCUT2D eigenvalue weighted by molar-refractivity contribution is 5.90. The smallest absolute Gasteiger partial charge is 0.406 e. The van der Waals surface area contributed by atoms with Crippen molar-refractivity contribution in [3.05, 3.63) is 65.2 Å². The topological polar surface area (TPSA) is 91.0 Å². The van der Waals surface area contributed by atoms with E-state index in [0.717, 1.165) is 16.8 Å². The molecule has 0 bridgehead atoms. The van der Waals surface area contributed by atoms with Crippen molar-refractivity contribution in [3.63, 3.8) is 0 Å². The third-order valence-electron chi connectivity index (χ3n) is 3.26. The van der Waals surface area contributed by atoms with E-state index in [4.69, 9.17) is 0 Å². The molecule has 11 heteroatoms. The first kappa shape index (κ1) is 18.2. The van der Waals surface area contributed by atoms with Gasteiger partial charge in [-0.3, -0.25) is 9.59 Å². The van der Waals surface area contributed by atoms with Crippen LogP contribution in [0.15, 0.2) is 59.7 Å². The van der Waals surface area contributed by atoms with Crippen molar-refractivity contribution in [1.82, 2.24) is 19.6 Å². The Kier molecular flexibility index (Phi) is 4.92. The molecule has 1 aromatic carbocycles. The van der Waals surface area contributed by atoms with Gasteiger partial charge in [0.25, 0.3) is 5.56 Å². The second kappa shape index (κ2) is 7.32. The van der Waals surface area contributed by atoms with Crippen LogP contribution in [0.25, 0.3) is 5.82 Å². The molecule has 27 heavy (non-hydrogen) atoms. The van der Waals surface area contributed by atoms with E-state index in [1.165, 1.54) is 35.1 Å². The molecule has 0 radical (unpaired) electrons. The van der Waals surface area contributed by atoms with Gasteiger partial charge < -0.3 is 10.1 Å². The van der Waals surface area contributed by atoms with E-state index in [1.807, 2.05) is 0 Å². The zero-order valence-corrected chi connectivity index (χ0v) is 13.6. The van der Waals surface area contributed by atoms with E-state index in [0.29, 0.717) is 5.82 Å². The van der Waals surface area contributed by atoms with Gasteiger partial charge in [0, 0.05) is 24.1 Å². The summed E-state index contributed by atoms with van der Waals surface area (Å²) in [5.74, 6) is -0.641. The molecule has 0 spiro atoms. The molecule has 140 valence electrons. The van der Waals surface area contributed by atoms with E-state index >= 15 is 0 Å². The maximum absolute atomic E-state index is 12.1. The number of nitrogens with zero attached hydrogens (tertiary/aromatic N) is 4. The molecule has 0 saturated heterocycles. The van der Waals surface area contributed by atoms with Crippen molar-refractivity contribution < 1.29 is 22.7 Å². The lowest BCUT2D eigenvalue weighted by Gasteiger charge is -2.10. The number of benzene rings is 1. The molecule has 0 fully saturated rings. The highest BCUT2D eigenvalue weighted by atomic mass is 19.4. The van der Waals surface area contributed by atoms with E-state index in [2.05, 4.69) is 20.3 Å². The number of halogens is 3. The first-order valence-electron chi connectivity index (χ1n) is 7.54. The van der Waals surface area contributed by atoms with Gasteiger partial charge in [0.05, 0.1) is 0 Å². The lowest BCUT2D eigenvalue weighted by molar-refractivity contribution is -0.274. The zero-order valence-electron chi connectivity index (χ0n) is 13.6. The molecule has 3 rings (SSSR count). The van der Waals surface area contributed by atoms with Gasteiger partial charge in [0.15, 0.2) is 5.82 Å². The van der Waals surface area contributed by atoms with Crippen LogP contribution in [-0.4, -0.2) is 31.8 Å². The van der Waals surface area contributed by atoms with Gasteiger partial charge in [-0.25, -0.2) is 9.36 Å². The van der Waals surface area contributed by atoms with Crippen LogP contribution in [-0.2, 0) is 11.3 Å². The van der Waals surface area contributed by atoms with Gasteiger partial charge in [-0.2, -0.15) is 5.10 Å².